The summed E-state index contributed by atoms with van der Waals surface area (Å²) in [7, 11) is 0. The van der Waals surface area contributed by atoms with Crippen LogP contribution in [0.25, 0.3) is 0 Å². The minimum Gasteiger partial charge on any atom is -0.383 e. The van der Waals surface area contributed by atoms with Gasteiger partial charge in [-0.3, -0.25) is 4.79 Å². The zero-order valence-electron chi connectivity index (χ0n) is 11.5. The standard InChI is InChI=1S/C16H19N3O/c20-16-12-15-14(9-4-10-17-15)18-19(16)11-5-8-13-6-2-1-3-7-13/h1-3,6-7,12,17H,4-5,8-11H2. The molecule has 2 heterocycles. The van der Waals surface area contributed by atoms with Gasteiger partial charge in [-0.1, -0.05) is 30.3 Å². The van der Waals surface area contributed by atoms with Crippen LogP contribution in [0.1, 0.15) is 24.1 Å². The molecule has 0 saturated carbocycles. The number of anilines is 1. The number of nitrogens with one attached hydrogen (secondary N) is 1. The van der Waals surface area contributed by atoms with E-state index in [2.05, 4.69) is 22.5 Å². The van der Waals surface area contributed by atoms with Crippen molar-refractivity contribution in [3.63, 3.8) is 0 Å². The van der Waals surface area contributed by atoms with Crippen molar-refractivity contribution in [3.8, 4) is 0 Å². The summed E-state index contributed by atoms with van der Waals surface area (Å²) < 4.78 is 1.61. The topological polar surface area (TPSA) is 46.9 Å². The molecule has 20 heavy (non-hydrogen) atoms. The third-order valence-electron chi connectivity index (χ3n) is 3.66. The lowest BCUT2D eigenvalue weighted by Gasteiger charge is -2.17. The highest BCUT2D eigenvalue weighted by Gasteiger charge is 2.12. The molecule has 0 aliphatic carbocycles. The number of aryl methyl sites for hydroxylation is 3. The zero-order valence-corrected chi connectivity index (χ0v) is 11.5. The normalized spacial score (nSPS) is 13.6. The average Bonchev–Trinajstić information content (AvgIpc) is 2.49. The molecular formula is C16H19N3O. The first-order valence-electron chi connectivity index (χ1n) is 7.22. The minimum absolute atomic E-state index is 0.00814. The lowest BCUT2D eigenvalue weighted by molar-refractivity contribution is 0.534. The second kappa shape index (κ2) is 5.90. The molecule has 4 nitrogen and oxygen atoms in total. The van der Waals surface area contributed by atoms with Gasteiger partial charge in [0.2, 0.25) is 0 Å². The van der Waals surface area contributed by atoms with E-state index >= 15 is 0 Å². The summed E-state index contributed by atoms with van der Waals surface area (Å²) in [6, 6.07) is 12.0. The van der Waals surface area contributed by atoms with Gasteiger partial charge in [-0.25, -0.2) is 4.68 Å². The molecule has 0 unspecified atom stereocenters. The minimum atomic E-state index is -0.00814. The Kier molecular flexibility index (Phi) is 3.81. The maximum Gasteiger partial charge on any atom is 0.268 e. The Labute approximate surface area is 118 Å². The number of nitrogens with zero attached hydrogens (tertiary/aromatic N) is 2. The predicted octanol–water partition coefficient (Wildman–Crippen LogP) is 2.23. The molecule has 3 rings (SSSR count). The van der Waals surface area contributed by atoms with Crippen LogP contribution in [0.3, 0.4) is 0 Å². The van der Waals surface area contributed by atoms with Crippen molar-refractivity contribution in [2.45, 2.75) is 32.2 Å². The Morgan fingerprint density at radius 1 is 1.25 bits per heavy atom. The van der Waals surface area contributed by atoms with Crippen molar-refractivity contribution in [3.05, 3.63) is 58.0 Å². The van der Waals surface area contributed by atoms with Crippen molar-refractivity contribution in [2.24, 2.45) is 0 Å². The van der Waals surface area contributed by atoms with Crippen LogP contribution < -0.4 is 10.9 Å². The second-order valence-electron chi connectivity index (χ2n) is 5.19. The Balaban J connectivity index is 1.67. The van der Waals surface area contributed by atoms with E-state index < -0.39 is 0 Å². The van der Waals surface area contributed by atoms with E-state index in [4.69, 9.17) is 0 Å². The molecule has 0 radical (unpaired) electrons. The van der Waals surface area contributed by atoms with Gasteiger partial charge in [0, 0.05) is 19.2 Å². The maximum atomic E-state index is 12.0. The van der Waals surface area contributed by atoms with Crippen LogP contribution in [-0.4, -0.2) is 16.3 Å². The number of benzene rings is 1. The van der Waals surface area contributed by atoms with Gasteiger partial charge in [-0.15, -0.1) is 0 Å². The highest BCUT2D eigenvalue weighted by atomic mass is 16.1. The van der Waals surface area contributed by atoms with E-state index in [9.17, 15) is 4.79 Å². The van der Waals surface area contributed by atoms with Crippen molar-refractivity contribution in [1.82, 2.24) is 9.78 Å². The molecule has 0 fully saturated rings. The summed E-state index contributed by atoms with van der Waals surface area (Å²) in [6.07, 6.45) is 3.96. The second-order valence-corrected chi connectivity index (χ2v) is 5.19. The molecule has 1 aliphatic rings. The van der Waals surface area contributed by atoms with Crippen molar-refractivity contribution in [1.29, 1.82) is 0 Å². The van der Waals surface area contributed by atoms with Crippen molar-refractivity contribution < 1.29 is 0 Å². The number of rotatable bonds is 4. The van der Waals surface area contributed by atoms with Crippen LogP contribution in [0.4, 0.5) is 5.69 Å². The van der Waals surface area contributed by atoms with E-state index in [-0.39, 0.29) is 5.56 Å². The summed E-state index contributed by atoms with van der Waals surface area (Å²) in [5.74, 6) is 0. The molecule has 0 saturated heterocycles. The third kappa shape index (κ3) is 2.90. The summed E-state index contributed by atoms with van der Waals surface area (Å²) in [6.45, 7) is 1.62. The molecule has 0 bridgehead atoms. The Morgan fingerprint density at radius 2 is 2.10 bits per heavy atom. The molecule has 1 aliphatic heterocycles. The van der Waals surface area contributed by atoms with E-state index in [1.165, 1.54) is 5.56 Å². The largest absolute Gasteiger partial charge is 0.383 e. The third-order valence-corrected chi connectivity index (χ3v) is 3.66. The van der Waals surface area contributed by atoms with Crippen molar-refractivity contribution >= 4 is 5.69 Å². The first kappa shape index (κ1) is 12.9. The zero-order chi connectivity index (χ0) is 13.8. The summed E-state index contributed by atoms with van der Waals surface area (Å²) >= 11 is 0. The summed E-state index contributed by atoms with van der Waals surface area (Å²) in [4.78, 5) is 12.0. The van der Waals surface area contributed by atoms with Gasteiger partial charge < -0.3 is 5.32 Å². The average molecular weight is 269 g/mol. The molecule has 1 N–H and O–H groups in total. The first-order chi connectivity index (χ1) is 9.83. The van der Waals surface area contributed by atoms with E-state index in [0.29, 0.717) is 6.54 Å². The quantitative estimate of drug-likeness (QED) is 0.926. The molecule has 1 aromatic carbocycles. The molecule has 1 aromatic heterocycles. The van der Waals surface area contributed by atoms with Crippen LogP contribution in [0.15, 0.2) is 41.2 Å². The lowest BCUT2D eigenvalue weighted by Crippen LogP contribution is -2.27. The van der Waals surface area contributed by atoms with Crippen LogP contribution in [0.2, 0.25) is 0 Å². The monoisotopic (exact) mass is 269 g/mol. The molecule has 0 atom stereocenters. The highest BCUT2D eigenvalue weighted by molar-refractivity contribution is 5.48. The molecule has 4 heteroatoms. The number of hydrogen-bond donors (Lipinski definition) is 1. The molecule has 0 spiro atoms. The van der Waals surface area contributed by atoms with Crippen LogP contribution >= 0.6 is 0 Å². The van der Waals surface area contributed by atoms with Gasteiger partial charge in [-0.05, 0) is 31.2 Å². The first-order valence-corrected chi connectivity index (χ1v) is 7.22. The van der Waals surface area contributed by atoms with E-state index in [1.54, 1.807) is 10.7 Å². The lowest BCUT2D eigenvalue weighted by atomic mass is 10.1. The van der Waals surface area contributed by atoms with Crippen LogP contribution in [-0.2, 0) is 19.4 Å². The van der Waals surface area contributed by atoms with Crippen LogP contribution in [0.5, 0.6) is 0 Å². The maximum absolute atomic E-state index is 12.0. The van der Waals surface area contributed by atoms with Gasteiger partial charge in [0.15, 0.2) is 0 Å². The summed E-state index contributed by atoms with van der Waals surface area (Å²) in [5, 5.41) is 7.72. The molecular weight excluding hydrogens is 250 g/mol. The smallest absolute Gasteiger partial charge is 0.268 e. The molecule has 0 amide bonds. The van der Waals surface area contributed by atoms with E-state index in [0.717, 1.165) is 43.6 Å². The van der Waals surface area contributed by atoms with Gasteiger partial charge in [-0.2, -0.15) is 5.10 Å². The van der Waals surface area contributed by atoms with Crippen LogP contribution in [0, 0.1) is 0 Å². The number of aromatic nitrogens is 2. The van der Waals surface area contributed by atoms with Gasteiger partial charge >= 0.3 is 0 Å². The van der Waals surface area contributed by atoms with Gasteiger partial charge in [0.25, 0.3) is 5.56 Å². The number of hydrogen-bond acceptors (Lipinski definition) is 3. The Bertz CT molecular complexity index is 634. The fourth-order valence-corrected chi connectivity index (χ4v) is 2.58. The highest BCUT2D eigenvalue weighted by Crippen LogP contribution is 2.16. The Hall–Kier alpha value is -2.10. The van der Waals surface area contributed by atoms with Crippen molar-refractivity contribution in [2.75, 3.05) is 11.9 Å². The molecule has 2 aromatic rings. The van der Waals surface area contributed by atoms with Gasteiger partial charge in [0.1, 0.15) is 0 Å². The summed E-state index contributed by atoms with van der Waals surface area (Å²) in [5.41, 5.74) is 3.24. The molecule has 104 valence electrons. The van der Waals surface area contributed by atoms with Gasteiger partial charge in [0.05, 0.1) is 11.4 Å². The number of fused-ring (bicyclic) bond motifs is 1. The SMILES string of the molecule is O=c1cc2c(nn1CCCc1ccccc1)CCCN2. The Morgan fingerprint density at radius 3 is 2.95 bits per heavy atom. The van der Waals surface area contributed by atoms with E-state index in [1.807, 2.05) is 18.2 Å². The fraction of sp³-hybridized carbons (Fsp3) is 0.375. The predicted molar refractivity (Wildman–Crippen MR) is 80.1 cm³/mol. The fourth-order valence-electron chi connectivity index (χ4n) is 2.58.